The maximum atomic E-state index is 12.4. The van der Waals surface area contributed by atoms with Gasteiger partial charge in [-0.05, 0) is 35.9 Å². The molecule has 0 aliphatic rings. The van der Waals surface area contributed by atoms with E-state index in [1.54, 1.807) is 30.5 Å². The van der Waals surface area contributed by atoms with Crippen LogP contribution in [-0.2, 0) is 6.61 Å². The molecule has 2 aromatic carbocycles. The summed E-state index contributed by atoms with van der Waals surface area (Å²) >= 11 is 3.36. The number of nitrogens with zero attached hydrogens (tertiary/aromatic N) is 1. The highest BCUT2D eigenvalue weighted by atomic mass is 79.9. The minimum atomic E-state index is -0.0559. The van der Waals surface area contributed by atoms with E-state index in [1.165, 1.54) is 0 Å². The van der Waals surface area contributed by atoms with E-state index in [4.69, 9.17) is 4.74 Å². The zero-order chi connectivity index (χ0) is 16.1. The maximum Gasteiger partial charge on any atom is 0.213 e. The molecule has 0 spiro atoms. The van der Waals surface area contributed by atoms with Crippen LogP contribution in [0.25, 0.3) is 0 Å². The number of pyridine rings is 1. The van der Waals surface area contributed by atoms with E-state index in [9.17, 15) is 4.79 Å². The van der Waals surface area contributed by atoms with Crippen LogP contribution in [0.5, 0.6) is 5.88 Å². The summed E-state index contributed by atoms with van der Waals surface area (Å²) in [6.07, 6.45) is 1.55. The Morgan fingerprint density at radius 2 is 1.61 bits per heavy atom. The van der Waals surface area contributed by atoms with Crippen molar-refractivity contribution in [3.05, 3.63) is 94.1 Å². The highest BCUT2D eigenvalue weighted by Gasteiger charge is 2.09. The van der Waals surface area contributed by atoms with Crippen molar-refractivity contribution in [3.8, 4) is 5.88 Å². The normalized spacial score (nSPS) is 10.3. The van der Waals surface area contributed by atoms with Crippen LogP contribution in [0.2, 0.25) is 0 Å². The Hall–Kier alpha value is -2.46. The zero-order valence-electron chi connectivity index (χ0n) is 12.3. The molecular weight excluding hydrogens is 354 g/mol. The first-order valence-electron chi connectivity index (χ1n) is 7.15. The second-order valence-corrected chi connectivity index (χ2v) is 5.91. The standard InChI is InChI=1S/C19H14BrNO2/c20-17-9-6-15(7-10-17)19(22)16-8-11-18(21-12-16)23-13-14-4-2-1-3-5-14/h1-12H,13H2. The number of hydrogen-bond acceptors (Lipinski definition) is 3. The largest absolute Gasteiger partial charge is 0.473 e. The molecule has 0 aliphatic carbocycles. The number of ketones is 1. The van der Waals surface area contributed by atoms with Crippen molar-refractivity contribution >= 4 is 21.7 Å². The summed E-state index contributed by atoms with van der Waals surface area (Å²) in [6.45, 7) is 0.452. The molecule has 0 saturated carbocycles. The van der Waals surface area contributed by atoms with Gasteiger partial charge in [0.05, 0.1) is 0 Å². The smallest absolute Gasteiger partial charge is 0.213 e. The summed E-state index contributed by atoms with van der Waals surface area (Å²) in [7, 11) is 0. The van der Waals surface area contributed by atoms with Crippen LogP contribution < -0.4 is 4.74 Å². The molecule has 0 amide bonds. The molecular formula is C19H14BrNO2. The average Bonchev–Trinajstić information content (AvgIpc) is 2.61. The van der Waals surface area contributed by atoms with Crippen molar-refractivity contribution in [1.82, 2.24) is 4.98 Å². The Balaban J connectivity index is 1.67. The van der Waals surface area contributed by atoms with Gasteiger partial charge in [0, 0.05) is 27.9 Å². The molecule has 1 heterocycles. The highest BCUT2D eigenvalue weighted by molar-refractivity contribution is 9.10. The molecule has 0 bridgehead atoms. The van der Waals surface area contributed by atoms with Crippen LogP contribution >= 0.6 is 15.9 Å². The summed E-state index contributed by atoms with van der Waals surface area (Å²) in [5.41, 5.74) is 2.25. The van der Waals surface area contributed by atoms with Crippen molar-refractivity contribution in [1.29, 1.82) is 0 Å². The summed E-state index contributed by atoms with van der Waals surface area (Å²) in [6, 6.07) is 20.6. The Morgan fingerprint density at radius 1 is 0.913 bits per heavy atom. The number of rotatable bonds is 5. The molecule has 3 rings (SSSR count). The molecule has 0 unspecified atom stereocenters. The van der Waals surface area contributed by atoms with Gasteiger partial charge in [0.2, 0.25) is 5.88 Å². The van der Waals surface area contributed by atoms with Gasteiger partial charge in [-0.1, -0.05) is 46.3 Å². The molecule has 0 saturated heterocycles. The lowest BCUT2D eigenvalue weighted by molar-refractivity contribution is 0.103. The molecule has 114 valence electrons. The third-order valence-corrected chi connectivity index (χ3v) is 3.86. The fourth-order valence-electron chi connectivity index (χ4n) is 2.10. The van der Waals surface area contributed by atoms with Crippen LogP contribution in [0, 0.1) is 0 Å². The van der Waals surface area contributed by atoms with Crippen LogP contribution in [0.1, 0.15) is 21.5 Å². The van der Waals surface area contributed by atoms with Gasteiger partial charge in [0.1, 0.15) is 6.61 Å². The number of hydrogen-bond donors (Lipinski definition) is 0. The van der Waals surface area contributed by atoms with E-state index in [1.807, 2.05) is 42.5 Å². The van der Waals surface area contributed by atoms with Gasteiger partial charge < -0.3 is 4.74 Å². The summed E-state index contributed by atoms with van der Waals surface area (Å²) < 4.78 is 6.56. The third-order valence-electron chi connectivity index (χ3n) is 3.33. The Labute approximate surface area is 143 Å². The molecule has 3 nitrogen and oxygen atoms in total. The van der Waals surface area contributed by atoms with Crippen LogP contribution in [0.15, 0.2) is 77.4 Å². The topological polar surface area (TPSA) is 39.2 Å². The van der Waals surface area contributed by atoms with Gasteiger partial charge in [0.25, 0.3) is 0 Å². The summed E-state index contributed by atoms with van der Waals surface area (Å²) in [5, 5.41) is 0. The van der Waals surface area contributed by atoms with Gasteiger partial charge in [0.15, 0.2) is 5.78 Å². The molecule has 3 aromatic rings. The minimum Gasteiger partial charge on any atom is -0.473 e. The van der Waals surface area contributed by atoms with Crippen molar-refractivity contribution in [2.45, 2.75) is 6.61 Å². The zero-order valence-corrected chi connectivity index (χ0v) is 13.9. The lowest BCUT2D eigenvalue weighted by Gasteiger charge is -2.06. The lowest BCUT2D eigenvalue weighted by atomic mass is 10.1. The van der Waals surface area contributed by atoms with Crippen LogP contribution in [0.3, 0.4) is 0 Å². The van der Waals surface area contributed by atoms with E-state index in [2.05, 4.69) is 20.9 Å². The molecule has 4 heteroatoms. The molecule has 23 heavy (non-hydrogen) atoms. The number of carbonyl (C=O) groups is 1. The predicted molar refractivity (Wildman–Crippen MR) is 92.6 cm³/mol. The third kappa shape index (κ3) is 4.05. The van der Waals surface area contributed by atoms with E-state index in [-0.39, 0.29) is 5.78 Å². The van der Waals surface area contributed by atoms with Gasteiger partial charge >= 0.3 is 0 Å². The Bertz CT molecular complexity index is 784. The first-order chi connectivity index (χ1) is 11.2. The number of halogens is 1. The van der Waals surface area contributed by atoms with Gasteiger partial charge in [-0.3, -0.25) is 4.79 Å². The first kappa shape index (κ1) is 15.4. The number of carbonyl (C=O) groups excluding carboxylic acids is 1. The fraction of sp³-hybridized carbons (Fsp3) is 0.0526. The minimum absolute atomic E-state index is 0.0559. The Morgan fingerprint density at radius 3 is 2.26 bits per heavy atom. The number of ether oxygens (including phenoxy) is 1. The van der Waals surface area contributed by atoms with Crippen molar-refractivity contribution in [2.24, 2.45) is 0 Å². The predicted octanol–water partition coefficient (Wildman–Crippen LogP) is 4.65. The van der Waals surface area contributed by atoms with Crippen LogP contribution in [-0.4, -0.2) is 10.8 Å². The number of aromatic nitrogens is 1. The van der Waals surface area contributed by atoms with Crippen molar-refractivity contribution < 1.29 is 9.53 Å². The monoisotopic (exact) mass is 367 g/mol. The molecule has 1 aromatic heterocycles. The van der Waals surface area contributed by atoms with Crippen molar-refractivity contribution in [2.75, 3.05) is 0 Å². The molecule has 0 N–H and O–H groups in total. The molecule has 0 fully saturated rings. The summed E-state index contributed by atoms with van der Waals surface area (Å²) in [5.74, 6) is 0.445. The molecule has 0 radical (unpaired) electrons. The maximum absolute atomic E-state index is 12.4. The molecule has 0 atom stereocenters. The van der Waals surface area contributed by atoms with Gasteiger partial charge in [-0.15, -0.1) is 0 Å². The second kappa shape index (κ2) is 7.20. The van der Waals surface area contributed by atoms with Crippen molar-refractivity contribution in [3.63, 3.8) is 0 Å². The van der Waals surface area contributed by atoms with E-state index < -0.39 is 0 Å². The molecule has 0 aliphatic heterocycles. The van der Waals surface area contributed by atoms with Crippen LogP contribution in [0.4, 0.5) is 0 Å². The van der Waals surface area contributed by atoms with E-state index >= 15 is 0 Å². The second-order valence-electron chi connectivity index (χ2n) is 5.00. The van der Waals surface area contributed by atoms with E-state index in [0.717, 1.165) is 10.0 Å². The average molecular weight is 368 g/mol. The lowest BCUT2D eigenvalue weighted by Crippen LogP contribution is -2.03. The summed E-state index contributed by atoms with van der Waals surface area (Å²) in [4.78, 5) is 16.6. The van der Waals surface area contributed by atoms with Gasteiger partial charge in [-0.2, -0.15) is 0 Å². The SMILES string of the molecule is O=C(c1ccc(Br)cc1)c1ccc(OCc2ccccc2)nc1. The first-order valence-corrected chi connectivity index (χ1v) is 7.95. The van der Waals surface area contributed by atoms with Gasteiger partial charge in [-0.25, -0.2) is 4.98 Å². The quantitative estimate of drug-likeness (QED) is 0.615. The highest BCUT2D eigenvalue weighted by Crippen LogP contribution is 2.16. The fourth-order valence-corrected chi connectivity index (χ4v) is 2.36. The Kier molecular flexibility index (Phi) is 4.83. The van der Waals surface area contributed by atoms with E-state index in [0.29, 0.717) is 23.6 Å². The number of benzene rings is 2.